The van der Waals surface area contributed by atoms with Gasteiger partial charge in [-0.05, 0) is 63.9 Å². The van der Waals surface area contributed by atoms with E-state index < -0.39 is 0 Å². The molecule has 2 rings (SSSR count). The van der Waals surface area contributed by atoms with E-state index >= 15 is 0 Å². The van der Waals surface area contributed by atoms with Crippen molar-refractivity contribution in [2.45, 2.75) is 47.5 Å². The number of nitrogens with zero attached hydrogens (tertiary/aromatic N) is 1. The Labute approximate surface area is 155 Å². The maximum absolute atomic E-state index is 12.8. The van der Waals surface area contributed by atoms with Gasteiger partial charge >= 0.3 is 0 Å². The summed E-state index contributed by atoms with van der Waals surface area (Å²) < 4.78 is 0. The SMILES string of the molecule is CCCc1c(C(=O)Nc2ccc(N(CC)CC)cc2)[nH]c(C)c1C(C)=O. The molecule has 0 fully saturated rings. The Morgan fingerprint density at radius 3 is 2.19 bits per heavy atom. The van der Waals surface area contributed by atoms with Gasteiger partial charge in [0.05, 0.1) is 0 Å². The quantitative estimate of drug-likeness (QED) is 0.681. The maximum atomic E-state index is 12.8. The summed E-state index contributed by atoms with van der Waals surface area (Å²) in [4.78, 5) is 30.1. The van der Waals surface area contributed by atoms with Crippen LogP contribution in [-0.4, -0.2) is 29.8 Å². The summed E-state index contributed by atoms with van der Waals surface area (Å²) >= 11 is 0. The van der Waals surface area contributed by atoms with Crippen LogP contribution in [0, 0.1) is 6.92 Å². The molecule has 0 atom stereocenters. The molecule has 0 saturated carbocycles. The minimum Gasteiger partial charge on any atom is -0.372 e. The van der Waals surface area contributed by atoms with Crippen molar-refractivity contribution in [3.05, 3.63) is 46.8 Å². The summed E-state index contributed by atoms with van der Waals surface area (Å²) in [6.45, 7) is 11.5. The zero-order valence-electron chi connectivity index (χ0n) is 16.4. The Morgan fingerprint density at radius 2 is 1.69 bits per heavy atom. The Balaban J connectivity index is 2.25. The van der Waals surface area contributed by atoms with Crippen LogP contribution in [0.3, 0.4) is 0 Å². The summed E-state index contributed by atoms with van der Waals surface area (Å²) in [6, 6.07) is 7.84. The van der Waals surface area contributed by atoms with Gasteiger partial charge < -0.3 is 15.2 Å². The second kappa shape index (κ2) is 8.70. The number of H-pyrrole nitrogens is 1. The van der Waals surface area contributed by atoms with E-state index in [-0.39, 0.29) is 11.7 Å². The van der Waals surface area contributed by atoms with Gasteiger partial charge in [0, 0.05) is 35.7 Å². The van der Waals surface area contributed by atoms with E-state index in [2.05, 4.69) is 29.0 Å². The van der Waals surface area contributed by atoms with Crippen LogP contribution in [0.25, 0.3) is 0 Å². The largest absolute Gasteiger partial charge is 0.372 e. The maximum Gasteiger partial charge on any atom is 0.272 e. The number of ketones is 1. The number of amides is 1. The van der Waals surface area contributed by atoms with Crippen molar-refractivity contribution in [1.82, 2.24) is 4.98 Å². The van der Waals surface area contributed by atoms with Gasteiger partial charge in [0.1, 0.15) is 5.69 Å². The lowest BCUT2D eigenvalue weighted by molar-refractivity contribution is 0.101. The summed E-state index contributed by atoms with van der Waals surface area (Å²) in [5.41, 5.74) is 4.58. The highest BCUT2D eigenvalue weighted by molar-refractivity contribution is 6.07. The molecule has 26 heavy (non-hydrogen) atoms. The molecule has 0 unspecified atom stereocenters. The fourth-order valence-corrected chi connectivity index (χ4v) is 3.39. The first-order valence-electron chi connectivity index (χ1n) is 9.31. The molecule has 140 valence electrons. The molecular formula is C21H29N3O2. The highest BCUT2D eigenvalue weighted by Gasteiger charge is 2.22. The molecule has 2 N–H and O–H groups in total. The van der Waals surface area contributed by atoms with Crippen LogP contribution >= 0.6 is 0 Å². The highest BCUT2D eigenvalue weighted by atomic mass is 16.2. The predicted octanol–water partition coefficient (Wildman–Crippen LogP) is 4.58. The van der Waals surface area contributed by atoms with E-state index in [1.54, 1.807) is 6.92 Å². The second-order valence-corrected chi connectivity index (χ2v) is 6.46. The fourth-order valence-electron chi connectivity index (χ4n) is 3.39. The fraction of sp³-hybridized carbons (Fsp3) is 0.429. The first-order valence-corrected chi connectivity index (χ1v) is 9.31. The normalized spacial score (nSPS) is 10.7. The Bertz CT molecular complexity index is 771. The third-order valence-electron chi connectivity index (χ3n) is 4.62. The second-order valence-electron chi connectivity index (χ2n) is 6.46. The van der Waals surface area contributed by atoms with Crippen molar-refractivity contribution in [2.75, 3.05) is 23.3 Å². The highest BCUT2D eigenvalue weighted by Crippen LogP contribution is 2.23. The summed E-state index contributed by atoms with van der Waals surface area (Å²) in [6.07, 6.45) is 1.57. The van der Waals surface area contributed by atoms with Crippen LogP contribution in [0.15, 0.2) is 24.3 Å². The van der Waals surface area contributed by atoms with Crippen molar-refractivity contribution in [3.8, 4) is 0 Å². The lowest BCUT2D eigenvalue weighted by Crippen LogP contribution is -2.21. The molecule has 0 saturated heterocycles. The zero-order valence-corrected chi connectivity index (χ0v) is 16.4. The van der Waals surface area contributed by atoms with E-state index in [1.165, 1.54) is 0 Å². The van der Waals surface area contributed by atoms with Gasteiger partial charge in [-0.1, -0.05) is 13.3 Å². The molecule has 1 aromatic carbocycles. The van der Waals surface area contributed by atoms with Crippen molar-refractivity contribution >= 4 is 23.1 Å². The van der Waals surface area contributed by atoms with Crippen molar-refractivity contribution < 1.29 is 9.59 Å². The summed E-state index contributed by atoms with van der Waals surface area (Å²) in [5, 5.41) is 2.94. The molecule has 0 aliphatic rings. The molecule has 5 heteroatoms. The van der Waals surface area contributed by atoms with Crippen LogP contribution in [-0.2, 0) is 6.42 Å². The van der Waals surface area contributed by atoms with Gasteiger partial charge in [-0.25, -0.2) is 0 Å². The molecule has 0 bridgehead atoms. The third kappa shape index (κ3) is 4.15. The Kier molecular flexibility index (Phi) is 6.61. The van der Waals surface area contributed by atoms with Gasteiger partial charge in [0.2, 0.25) is 0 Å². The molecule has 0 radical (unpaired) electrons. The van der Waals surface area contributed by atoms with Crippen LogP contribution in [0.5, 0.6) is 0 Å². The number of carbonyl (C=O) groups is 2. The van der Waals surface area contributed by atoms with Gasteiger partial charge in [-0.2, -0.15) is 0 Å². The number of aryl methyl sites for hydroxylation is 1. The molecular weight excluding hydrogens is 326 g/mol. The average molecular weight is 355 g/mol. The van der Waals surface area contributed by atoms with Crippen molar-refractivity contribution in [1.29, 1.82) is 0 Å². The smallest absolute Gasteiger partial charge is 0.272 e. The van der Waals surface area contributed by atoms with Gasteiger partial charge in [0.15, 0.2) is 5.78 Å². The minimum absolute atomic E-state index is 0.00942. The molecule has 1 amide bonds. The van der Waals surface area contributed by atoms with Crippen molar-refractivity contribution in [3.63, 3.8) is 0 Å². The Morgan fingerprint density at radius 1 is 1.08 bits per heavy atom. The first-order chi connectivity index (χ1) is 12.4. The summed E-state index contributed by atoms with van der Waals surface area (Å²) in [7, 11) is 0. The average Bonchev–Trinajstić information content (AvgIpc) is 2.94. The third-order valence-corrected chi connectivity index (χ3v) is 4.62. The number of hydrogen-bond acceptors (Lipinski definition) is 3. The van der Waals surface area contributed by atoms with Gasteiger partial charge in [0.25, 0.3) is 5.91 Å². The number of Topliss-reactive ketones (excluding diaryl/α,β-unsaturated/α-hetero) is 1. The summed E-state index contributed by atoms with van der Waals surface area (Å²) in [5.74, 6) is -0.218. The molecule has 5 nitrogen and oxygen atoms in total. The van der Waals surface area contributed by atoms with Crippen LogP contribution in [0.1, 0.15) is 66.2 Å². The number of benzene rings is 1. The van der Waals surface area contributed by atoms with E-state index in [1.807, 2.05) is 38.1 Å². The van der Waals surface area contributed by atoms with Gasteiger partial charge in [-0.15, -0.1) is 0 Å². The van der Waals surface area contributed by atoms with E-state index in [9.17, 15) is 9.59 Å². The Hall–Kier alpha value is -2.56. The number of rotatable bonds is 8. The zero-order chi connectivity index (χ0) is 19.3. The van der Waals surface area contributed by atoms with Crippen LogP contribution < -0.4 is 10.2 Å². The number of aromatic amines is 1. The minimum atomic E-state index is -0.209. The first kappa shape index (κ1) is 19.8. The molecule has 0 spiro atoms. The molecule has 2 aromatic rings. The van der Waals surface area contributed by atoms with Crippen molar-refractivity contribution in [2.24, 2.45) is 0 Å². The molecule has 0 aliphatic heterocycles. The lowest BCUT2D eigenvalue weighted by atomic mass is 10.0. The van der Waals surface area contributed by atoms with E-state index in [4.69, 9.17) is 0 Å². The topological polar surface area (TPSA) is 65.2 Å². The monoisotopic (exact) mass is 355 g/mol. The number of anilines is 2. The number of carbonyl (C=O) groups excluding carboxylic acids is 2. The molecule has 1 heterocycles. The van der Waals surface area contributed by atoms with Gasteiger partial charge in [-0.3, -0.25) is 9.59 Å². The van der Waals surface area contributed by atoms with E-state index in [0.717, 1.165) is 42.1 Å². The molecule has 0 aliphatic carbocycles. The van der Waals surface area contributed by atoms with E-state index in [0.29, 0.717) is 17.7 Å². The number of nitrogens with one attached hydrogen (secondary N) is 2. The predicted molar refractivity (Wildman–Crippen MR) is 107 cm³/mol. The molecule has 1 aromatic heterocycles. The number of aromatic nitrogens is 1. The van der Waals surface area contributed by atoms with Crippen LogP contribution in [0.4, 0.5) is 11.4 Å². The lowest BCUT2D eigenvalue weighted by Gasteiger charge is -2.21. The van der Waals surface area contributed by atoms with Crippen LogP contribution in [0.2, 0.25) is 0 Å². The number of hydrogen-bond donors (Lipinski definition) is 2. The standard InChI is InChI=1S/C21H29N3O2/c1-6-9-18-19(15(5)25)14(4)22-20(18)21(26)23-16-10-12-17(13-11-16)24(7-2)8-3/h10-13,22H,6-9H2,1-5H3,(H,23,26).